The third-order valence-electron chi connectivity index (χ3n) is 6.83. The van der Waals surface area contributed by atoms with E-state index in [1.54, 1.807) is 6.92 Å². The predicted molar refractivity (Wildman–Crippen MR) is 100 cm³/mol. The van der Waals surface area contributed by atoms with Crippen molar-refractivity contribution in [2.45, 2.75) is 64.2 Å². The van der Waals surface area contributed by atoms with E-state index in [1.807, 2.05) is 24.3 Å². The fraction of sp³-hybridized carbons (Fsp3) is 0.619. The molecule has 6 nitrogen and oxygen atoms in total. The fourth-order valence-corrected chi connectivity index (χ4v) is 5.91. The maximum absolute atomic E-state index is 12.3. The first-order valence-electron chi connectivity index (χ1n) is 9.85. The first-order chi connectivity index (χ1) is 12.9. The molecule has 27 heavy (non-hydrogen) atoms. The highest BCUT2D eigenvalue weighted by Gasteiger charge is 2.60. The molecule has 1 aliphatic carbocycles. The van der Waals surface area contributed by atoms with Crippen LogP contribution in [0.2, 0.25) is 0 Å². The van der Waals surface area contributed by atoms with Crippen LogP contribution in [-0.4, -0.2) is 58.1 Å². The molecule has 3 aliphatic rings. The summed E-state index contributed by atoms with van der Waals surface area (Å²) in [7, 11) is 0. The van der Waals surface area contributed by atoms with E-state index in [2.05, 4.69) is 16.7 Å². The molecule has 6 heteroatoms. The van der Waals surface area contributed by atoms with Crippen LogP contribution in [0.5, 0.6) is 5.75 Å². The Morgan fingerprint density at radius 2 is 2.00 bits per heavy atom. The van der Waals surface area contributed by atoms with Gasteiger partial charge in [-0.05, 0) is 31.7 Å². The van der Waals surface area contributed by atoms with E-state index in [9.17, 15) is 9.59 Å². The number of hydrogen-bond acceptors (Lipinski definition) is 4. The summed E-state index contributed by atoms with van der Waals surface area (Å²) in [5.41, 5.74) is 1.16. The number of rotatable bonds is 5. The maximum atomic E-state index is 12.3. The van der Waals surface area contributed by atoms with Gasteiger partial charge in [-0.2, -0.15) is 0 Å². The Kier molecular flexibility index (Phi) is 4.62. The monoisotopic (exact) mass is 372 g/mol. The third-order valence-corrected chi connectivity index (χ3v) is 6.83. The average Bonchev–Trinajstić information content (AvgIpc) is 2.91. The Morgan fingerprint density at radius 1 is 1.26 bits per heavy atom. The van der Waals surface area contributed by atoms with E-state index in [0.717, 1.165) is 44.3 Å². The first-order valence-corrected chi connectivity index (χ1v) is 9.85. The summed E-state index contributed by atoms with van der Waals surface area (Å²) in [6.45, 7) is 5.33. The third kappa shape index (κ3) is 3.10. The zero-order valence-corrected chi connectivity index (χ0v) is 16.1. The van der Waals surface area contributed by atoms with Gasteiger partial charge in [-0.25, -0.2) is 4.79 Å². The first kappa shape index (κ1) is 18.3. The number of nitrogens with zero attached hydrogens (tertiary/aromatic N) is 2. The molecule has 2 saturated heterocycles. The minimum Gasteiger partial charge on any atom is -0.482 e. The summed E-state index contributed by atoms with van der Waals surface area (Å²) in [5.74, 6) is -0.138. The van der Waals surface area contributed by atoms with Crippen molar-refractivity contribution in [3.8, 4) is 5.75 Å². The fourth-order valence-electron chi connectivity index (χ4n) is 5.91. The highest BCUT2D eigenvalue weighted by atomic mass is 16.5. The lowest BCUT2D eigenvalue weighted by atomic mass is 9.65. The molecule has 0 spiro atoms. The number of hydrogen-bond donors (Lipinski definition) is 1. The second kappa shape index (κ2) is 6.82. The Balaban J connectivity index is 1.59. The molecular weight excluding hydrogens is 344 g/mol. The van der Waals surface area contributed by atoms with Gasteiger partial charge in [0.15, 0.2) is 6.61 Å². The molecule has 4 rings (SSSR count). The maximum Gasteiger partial charge on any atom is 0.341 e. The quantitative estimate of drug-likeness (QED) is 0.860. The average molecular weight is 372 g/mol. The predicted octanol–water partition coefficient (Wildman–Crippen LogP) is 2.51. The largest absolute Gasteiger partial charge is 0.482 e. The lowest BCUT2D eigenvalue weighted by Gasteiger charge is -2.50. The standard InChI is InChI=1S/C21H28N2O4/c1-14(24)23-16-10-21(2)18(8-5-9-19(21)23)22(12-16)11-15-6-3-4-7-17(15)27-13-20(25)26/h3-4,6-7,16,18-19H,5,8-13H2,1-2H3,(H,25,26)/t16-,18+,19-,21+/m0/s1. The van der Waals surface area contributed by atoms with Crippen LogP contribution in [0, 0.1) is 5.41 Å². The molecule has 1 amide bonds. The van der Waals surface area contributed by atoms with Crippen LogP contribution in [-0.2, 0) is 16.1 Å². The second-order valence-corrected chi connectivity index (χ2v) is 8.47. The molecule has 2 bridgehead atoms. The van der Waals surface area contributed by atoms with E-state index in [4.69, 9.17) is 9.84 Å². The van der Waals surface area contributed by atoms with Gasteiger partial charge in [0.25, 0.3) is 0 Å². The molecular formula is C21H28N2O4. The lowest BCUT2D eigenvalue weighted by Crippen LogP contribution is -2.55. The number of carbonyl (C=O) groups is 2. The number of carboxylic acids is 1. The number of benzene rings is 1. The number of amides is 1. The zero-order valence-electron chi connectivity index (χ0n) is 16.1. The van der Waals surface area contributed by atoms with Gasteiger partial charge in [-0.15, -0.1) is 0 Å². The molecule has 0 aromatic heterocycles. The second-order valence-electron chi connectivity index (χ2n) is 8.47. The molecule has 1 aromatic rings. The van der Waals surface area contributed by atoms with Crippen molar-refractivity contribution in [3.05, 3.63) is 29.8 Å². The van der Waals surface area contributed by atoms with E-state index in [1.165, 1.54) is 0 Å². The molecule has 146 valence electrons. The molecule has 0 radical (unpaired) electrons. The van der Waals surface area contributed by atoms with Crippen molar-refractivity contribution in [1.82, 2.24) is 9.80 Å². The summed E-state index contributed by atoms with van der Waals surface area (Å²) < 4.78 is 5.51. The van der Waals surface area contributed by atoms with Crippen LogP contribution in [0.1, 0.15) is 45.1 Å². The normalized spacial score (nSPS) is 32.4. The van der Waals surface area contributed by atoms with Gasteiger partial charge in [-0.3, -0.25) is 9.69 Å². The van der Waals surface area contributed by atoms with Crippen LogP contribution in [0.4, 0.5) is 0 Å². The van der Waals surface area contributed by atoms with Crippen molar-refractivity contribution in [2.24, 2.45) is 5.41 Å². The summed E-state index contributed by atoms with van der Waals surface area (Å²) >= 11 is 0. The Labute approximate surface area is 160 Å². The number of likely N-dealkylation sites (tertiary alicyclic amines) is 2. The van der Waals surface area contributed by atoms with E-state index in [-0.39, 0.29) is 24.0 Å². The number of para-hydroxylation sites is 1. The van der Waals surface area contributed by atoms with Crippen LogP contribution in [0.3, 0.4) is 0 Å². The van der Waals surface area contributed by atoms with Gasteiger partial charge >= 0.3 is 5.97 Å². The SMILES string of the molecule is CC(=O)N1[C@@H]2CN(Cc3ccccc3OCC(=O)O)[C@@H]3CCC[C@H]1[C@]3(C)C2. The number of ether oxygens (including phenoxy) is 1. The number of fused-ring (bicyclic) bond motifs is 1. The topological polar surface area (TPSA) is 70.1 Å². The summed E-state index contributed by atoms with van der Waals surface area (Å²) in [6.07, 6.45) is 4.50. The summed E-state index contributed by atoms with van der Waals surface area (Å²) in [4.78, 5) is 27.9. The van der Waals surface area contributed by atoms with Gasteiger partial charge in [-0.1, -0.05) is 25.1 Å². The van der Waals surface area contributed by atoms with Crippen molar-refractivity contribution >= 4 is 11.9 Å². The van der Waals surface area contributed by atoms with Crippen LogP contribution in [0.25, 0.3) is 0 Å². The highest BCUT2D eigenvalue weighted by molar-refractivity contribution is 5.75. The van der Waals surface area contributed by atoms with Crippen molar-refractivity contribution < 1.29 is 19.4 Å². The van der Waals surface area contributed by atoms with Crippen LogP contribution in [0.15, 0.2) is 24.3 Å². The Hall–Kier alpha value is -2.08. The van der Waals surface area contributed by atoms with Gasteiger partial charge in [0.05, 0.1) is 0 Å². The molecule has 2 aliphatic heterocycles. The molecule has 1 saturated carbocycles. The smallest absolute Gasteiger partial charge is 0.341 e. The Morgan fingerprint density at radius 3 is 2.74 bits per heavy atom. The van der Waals surface area contributed by atoms with E-state index >= 15 is 0 Å². The van der Waals surface area contributed by atoms with Crippen LogP contribution >= 0.6 is 0 Å². The van der Waals surface area contributed by atoms with Gasteiger partial charge < -0.3 is 14.7 Å². The zero-order chi connectivity index (χ0) is 19.2. The molecule has 2 heterocycles. The number of piperidine rings is 1. The molecule has 4 atom stereocenters. The Bertz CT molecular complexity index is 751. The van der Waals surface area contributed by atoms with E-state index < -0.39 is 5.97 Å². The summed E-state index contributed by atoms with van der Waals surface area (Å²) in [6, 6.07) is 8.76. The molecule has 3 fully saturated rings. The number of carboxylic acid groups (broad SMARTS) is 1. The van der Waals surface area contributed by atoms with E-state index in [0.29, 0.717) is 17.8 Å². The van der Waals surface area contributed by atoms with Crippen molar-refractivity contribution in [3.63, 3.8) is 0 Å². The lowest BCUT2D eigenvalue weighted by molar-refractivity contribution is -0.139. The van der Waals surface area contributed by atoms with Crippen molar-refractivity contribution in [2.75, 3.05) is 13.2 Å². The van der Waals surface area contributed by atoms with Gasteiger partial charge in [0.2, 0.25) is 5.91 Å². The van der Waals surface area contributed by atoms with Crippen LogP contribution < -0.4 is 4.74 Å². The number of aliphatic carboxylic acids is 1. The minimum atomic E-state index is -0.972. The molecule has 1 aromatic carbocycles. The highest BCUT2D eigenvalue weighted by Crippen LogP contribution is 2.54. The molecule has 1 N–H and O–H groups in total. The number of carbonyl (C=O) groups excluding carboxylic acids is 1. The summed E-state index contributed by atoms with van der Waals surface area (Å²) in [5, 5.41) is 8.92. The minimum absolute atomic E-state index is 0.143. The van der Waals surface area contributed by atoms with Gasteiger partial charge in [0, 0.05) is 49.1 Å². The van der Waals surface area contributed by atoms with Gasteiger partial charge in [0.1, 0.15) is 5.75 Å². The molecule has 0 unspecified atom stereocenters. The van der Waals surface area contributed by atoms with Crippen molar-refractivity contribution in [1.29, 1.82) is 0 Å².